The van der Waals surface area contributed by atoms with E-state index >= 15 is 0 Å². The Morgan fingerprint density at radius 2 is 1.84 bits per heavy atom. The van der Waals surface area contributed by atoms with E-state index in [1.165, 1.54) is 0 Å². The number of rotatable bonds is 4. The molecule has 0 aliphatic heterocycles. The maximum atomic E-state index is 8.76. The van der Waals surface area contributed by atoms with Gasteiger partial charge in [0, 0.05) is 25.2 Å². The van der Waals surface area contributed by atoms with Crippen LogP contribution >= 0.6 is 0 Å². The molecule has 0 amide bonds. The van der Waals surface area contributed by atoms with Gasteiger partial charge >= 0.3 is 0 Å². The lowest BCUT2D eigenvalue weighted by Gasteiger charge is -2.09. The van der Waals surface area contributed by atoms with Crippen molar-refractivity contribution >= 4 is 17.3 Å². The normalized spacial score (nSPS) is 9.74. The average molecular weight is 253 g/mol. The van der Waals surface area contributed by atoms with Crippen LogP contribution in [0.5, 0.6) is 0 Å². The van der Waals surface area contributed by atoms with Gasteiger partial charge in [-0.15, -0.1) is 0 Å². The van der Waals surface area contributed by atoms with Crippen molar-refractivity contribution in [1.82, 2.24) is 9.97 Å². The standard InChI is InChI=1S/C14H15N5/c1-3-12-18-13(16-2)8-14(19-12)17-11-6-4-10(9-15)5-7-11/h4-8H,3H2,1-2H3,(H2,16,17,18,19). The first-order chi connectivity index (χ1) is 9.25. The average Bonchev–Trinajstić information content (AvgIpc) is 2.47. The summed E-state index contributed by atoms with van der Waals surface area (Å²) in [7, 11) is 1.83. The zero-order valence-corrected chi connectivity index (χ0v) is 10.9. The Hall–Kier alpha value is -2.61. The van der Waals surface area contributed by atoms with Crippen LogP contribution in [0.2, 0.25) is 0 Å². The summed E-state index contributed by atoms with van der Waals surface area (Å²) in [4.78, 5) is 8.74. The molecular formula is C14H15N5. The van der Waals surface area contributed by atoms with Crippen LogP contribution in [0.1, 0.15) is 18.3 Å². The molecule has 2 rings (SSSR count). The number of aromatic nitrogens is 2. The van der Waals surface area contributed by atoms with E-state index in [-0.39, 0.29) is 0 Å². The Bertz CT molecular complexity index is 576. The second-order valence-electron chi connectivity index (χ2n) is 3.97. The van der Waals surface area contributed by atoms with Gasteiger partial charge in [0.2, 0.25) is 0 Å². The molecular weight excluding hydrogens is 238 g/mol. The van der Waals surface area contributed by atoms with Gasteiger partial charge in [-0.25, -0.2) is 9.97 Å². The third-order valence-corrected chi connectivity index (χ3v) is 2.63. The van der Waals surface area contributed by atoms with Gasteiger partial charge in [0.1, 0.15) is 17.5 Å². The Morgan fingerprint density at radius 3 is 2.42 bits per heavy atom. The van der Waals surface area contributed by atoms with Gasteiger partial charge in [0.05, 0.1) is 11.6 Å². The van der Waals surface area contributed by atoms with Crippen molar-refractivity contribution in [3.63, 3.8) is 0 Å². The number of nitriles is 1. The number of nitrogens with one attached hydrogen (secondary N) is 2. The Balaban J connectivity index is 2.24. The van der Waals surface area contributed by atoms with Crippen molar-refractivity contribution in [2.45, 2.75) is 13.3 Å². The summed E-state index contributed by atoms with van der Waals surface area (Å²) < 4.78 is 0. The molecule has 0 radical (unpaired) electrons. The van der Waals surface area contributed by atoms with Crippen LogP contribution in [0.4, 0.5) is 17.3 Å². The van der Waals surface area contributed by atoms with Crippen LogP contribution in [0.3, 0.4) is 0 Å². The highest BCUT2D eigenvalue weighted by Crippen LogP contribution is 2.18. The first-order valence-corrected chi connectivity index (χ1v) is 6.08. The van der Waals surface area contributed by atoms with Crippen LogP contribution in [0, 0.1) is 11.3 Å². The lowest BCUT2D eigenvalue weighted by Crippen LogP contribution is -2.03. The molecule has 2 aromatic rings. The van der Waals surface area contributed by atoms with Crippen molar-refractivity contribution in [3.8, 4) is 6.07 Å². The zero-order valence-electron chi connectivity index (χ0n) is 10.9. The quantitative estimate of drug-likeness (QED) is 0.876. The smallest absolute Gasteiger partial charge is 0.136 e. The fourth-order valence-electron chi connectivity index (χ4n) is 1.62. The molecule has 19 heavy (non-hydrogen) atoms. The topological polar surface area (TPSA) is 73.6 Å². The summed E-state index contributed by atoms with van der Waals surface area (Å²) in [5, 5.41) is 15.0. The third-order valence-electron chi connectivity index (χ3n) is 2.63. The van der Waals surface area contributed by atoms with E-state index in [4.69, 9.17) is 5.26 Å². The van der Waals surface area contributed by atoms with Crippen molar-refractivity contribution < 1.29 is 0 Å². The van der Waals surface area contributed by atoms with E-state index in [9.17, 15) is 0 Å². The lowest BCUT2D eigenvalue weighted by atomic mass is 10.2. The molecule has 0 unspecified atom stereocenters. The Labute approximate surface area is 112 Å². The third kappa shape index (κ3) is 3.19. The highest BCUT2D eigenvalue weighted by Gasteiger charge is 2.03. The number of anilines is 3. The summed E-state index contributed by atoms with van der Waals surface area (Å²) in [5.74, 6) is 2.30. The molecule has 1 heterocycles. The van der Waals surface area contributed by atoms with E-state index in [0.29, 0.717) is 5.56 Å². The second kappa shape index (κ2) is 5.83. The van der Waals surface area contributed by atoms with Gasteiger partial charge in [0.25, 0.3) is 0 Å². The number of nitrogens with zero attached hydrogens (tertiary/aromatic N) is 3. The van der Waals surface area contributed by atoms with Gasteiger partial charge in [0.15, 0.2) is 0 Å². The van der Waals surface area contributed by atoms with E-state index in [0.717, 1.165) is 29.6 Å². The number of benzene rings is 1. The molecule has 0 spiro atoms. The van der Waals surface area contributed by atoms with Crippen LogP contribution < -0.4 is 10.6 Å². The minimum absolute atomic E-state index is 0.637. The molecule has 96 valence electrons. The summed E-state index contributed by atoms with van der Waals surface area (Å²) in [6.07, 6.45) is 0.775. The summed E-state index contributed by atoms with van der Waals surface area (Å²) >= 11 is 0. The maximum absolute atomic E-state index is 8.76. The minimum Gasteiger partial charge on any atom is -0.373 e. The highest BCUT2D eigenvalue weighted by atomic mass is 15.1. The zero-order chi connectivity index (χ0) is 13.7. The number of aryl methyl sites for hydroxylation is 1. The number of hydrogen-bond donors (Lipinski definition) is 2. The van der Waals surface area contributed by atoms with Crippen molar-refractivity contribution in [1.29, 1.82) is 5.26 Å². The van der Waals surface area contributed by atoms with Crippen molar-refractivity contribution in [2.75, 3.05) is 17.7 Å². The van der Waals surface area contributed by atoms with Crippen molar-refractivity contribution in [3.05, 3.63) is 41.7 Å². The molecule has 1 aromatic heterocycles. The second-order valence-corrected chi connectivity index (χ2v) is 3.97. The van der Waals surface area contributed by atoms with Gasteiger partial charge < -0.3 is 10.6 Å². The predicted molar refractivity (Wildman–Crippen MR) is 75.4 cm³/mol. The molecule has 0 saturated carbocycles. The van der Waals surface area contributed by atoms with Crippen molar-refractivity contribution in [2.24, 2.45) is 0 Å². The molecule has 0 aliphatic rings. The van der Waals surface area contributed by atoms with Gasteiger partial charge in [-0.1, -0.05) is 6.92 Å². The molecule has 5 nitrogen and oxygen atoms in total. The molecule has 1 aromatic carbocycles. The molecule has 5 heteroatoms. The summed E-state index contributed by atoms with van der Waals surface area (Å²) in [6.45, 7) is 2.01. The molecule has 0 fully saturated rings. The van der Waals surface area contributed by atoms with E-state index in [1.807, 2.05) is 32.2 Å². The molecule has 2 N–H and O–H groups in total. The molecule has 0 aliphatic carbocycles. The van der Waals surface area contributed by atoms with Crippen LogP contribution in [0.15, 0.2) is 30.3 Å². The lowest BCUT2D eigenvalue weighted by molar-refractivity contribution is 0.945. The predicted octanol–water partition coefficient (Wildman–Crippen LogP) is 2.70. The summed E-state index contributed by atoms with van der Waals surface area (Å²) in [6, 6.07) is 11.2. The van der Waals surface area contributed by atoms with Crippen LogP contribution in [0.25, 0.3) is 0 Å². The molecule has 0 saturated heterocycles. The van der Waals surface area contributed by atoms with Crippen LogP contribution in [-0.4, -0.2) is 17.0 Å². The Kier molecular flexibility index (Phi) is 3.94. The van der Waals surface area contributed by atoms with Gasteiger partial charge in [-0.2, -0.15) is 5.26 Å². The van der Waals surface area contributed by atoms with Gasteiger partial charge in [-0.05, 0) is 24.3 Å². The molecule has 0 bridgehead atoms. The SMILES string of the molecule is CCc1nc(NC)cc(Nc2ccc(C#N)cc2)n1. The first-order valence-electron chi connectivity index (χ1n) is 6.08. The fraction of sp³-hybridized carbons (Fsp3) is 0.214. The largest absolute Gasteiger partial charge is 0.373 e. The van der Waals surface area contributed by atoms with Crippen LogP contribution in [-0.2, 0) is 6.42 Å². The van der Waals surface area contributed by atoms with E-state index in [2.05, 4.69) is 26.7 Å². The fourth-order valence-corrected chi connectivity index (χ4v) is 1.62. The van der Waals surface area contributed by atoms with Gasteiger partial charge in [-0.3, -0.25) is 0 Å². The number of hydrogen-bond acceptors (Lipinski definition) is 5. The minimum atomic E-state index is 0.637. The monoisotopic (exact) mass is 253 g/mol. The van der Waals surface area contributed by atoms with E-state index < -0.39 is 0 Å². The molecule has 0 atom stereocenters. The highest BCUT2D eigenvalue weighted by molar-refractivity contribution is 5.60. The summed E-state index contributed by atoms with van der Waals surface area (Å²) in [5.41, 5.74) is 1.53. The van der Waals surface area contributed by atoms with E-state index in [1.54, 1.807) is 12.1 Å². The Morgan fingerprint density at radius 1 is 1.16 bits per heavy atom. The first kappa shape index (κ1) is 12.8. The maximum Gasteiger partial charge on any atom is 0.136 e.